The number of anilines is 2. The fourth-order valence-electron chi connectivity index (χ4n) is 1.58. The summed E-state index contributed by atoms with van der Waals surface area (Å²) in [6, 6.07) is 6.46. The zero-order valence-corrected chi connectivity index (χ0v) is 11.6. The predicted molar refractivity (Wildman–Crippen MR) is 77.8 cm³/mol. The molecule has 0 bridgehead atoms. The maximum Gasteiger partial charge on any atom is 0.257 e. The maximum absolute atomic E-state index is 12.2. The summed E-state index contributed by atoms with van der Waals surface area (Å²) in [5.74, 6) is -0.379. The monoisotopic (exact) mass is 295 g/mol. The number of nitrogens with two attached hydrogens (primary N) is 1. The van der Waals surface area contributed by atoms with Gasteiger partial charge in [0.25, 0.3) is 5.91 Å². The van der Waals surface area contributed by atoms with E-state index < -0.39 is 0 Å². The van der Waals surface area contributed by atoms with E-state index in [0.717, 1.165) is 0 Å². The van der Waals surface area contributed by atoms with Crippen LogP contribution < -0.4 is 11.1 Å². The molecule has 0 atom stereocenters. The second kappa shape index (κ2) is 5.47. The van der Waals surface area contributed by atoms with Crippen molar-refractivity contribution in [1.82, 2.24) is 4.98 Å². The third-order valence-corrected chi connectivity index (χ3v) is 3.35. The number of nitrogens with zero attached hydrogens (tertiary/aromatic N) is 1. The van der Waals surface area contributed by atoms with Gasteiger partial charge in [0.15, 0.2) is 0 Å². The highest BCUT2D eigenvalue weighted by Gasteiger charge is 2.15. The van der Waals surface area contributed by atoms with Crippen molar-refractivity contribution in [1.29, 1.82) is 0 Å². The highest BCUT2D eigenvalue weighted by molar-refractivity contribution is 6.44. The number of nitrogen functional groups attached to an aromatic ring is 1. The average molecular weight is 296 g/mol. The van der Waals surface area contributed by atoms with Crippen molar-refractivity contribution in [3.8, 4) is 0 Å². The Bertz CT molecular complexity index is 644. The highest BCUT2D eigenvalue weighted by atomic mass is 35.5. The number of halogens is 2. The standard InChI is InChI=1S/C13H11Cl2N3O/c1-7-11(3-2-4-17-7)18-13(19)9-5-8(16)6-10(14)12(9)15/h2-6H,16H2,1H3,(H,18,19). The number of hydrogen-bond donors (Lipinski definition) is 2. The van der Waals surface area contributed by atoms with Gasteiger partial charge in [-0.05, 0) is 31.2 Å². The summed E-state index contributed by atoms with van der Waals surface area (Å²) in [7, 11) is 0. The minimum Gasteiger partial charge on any atom is -0.399 e. The maximum atomic E-state index is 12.2. The molecule has 0 saturated carbocycles. The number of carbonyl (C=O) groups is 1. The molecule has 0 spiro atoms. The lowest BCUT2D eigenvalue weighted by Crippen LogP contribution is -2.14. The van der Waals surface area contributed by atoms with Crippen LogP contribution in [-0.2, 0) is 0 Å². The summed E-state index contributed by atoms with van der Waals surface area (Å²) in [5, 5.41) is 3.14. The Hall–Kier alpha value is -1.78. The van der Waals surface area contributed by atoms with E-state index >= 15 is 0 Å². The van der Waals surface area contributed by atoms with Crippen LogP contribution in [0.3, 0.4) is 0 Å². The fourth-order valence-corrected chi connectivity index (χ4v) is 2.00. The minimum atomic E-state index is -0.379. The normalized spacial score (nSPS) is 10.3. The summed E-state index contributed by atoms with van der Waals surface area (Å²) in [6.07, 6.45) is 1.65. The lowest BCUT2D eigenvalue weighted by atomic mass is 10.1. The van der Waals surface area contributed by atoms with Crippen LogP contribution >= 0.6 is 23.2 Å². The molecule has 0 aliphatic heterocycles. The van der Waals surface area contributed by atoms with E-state index in [1.807, 2.05) is 0 Å². The Labute approximate surface area is 120 Å². The van der Waals surface area contributed by atoms with Gasteiger partial charge in [0.05, 0.1) is 27.0 Å². The Morgan fingerprint density at radius 3 is 2.79 bits per heavy atom. The number of rotatable bonds is 2. The Kier molecular flexibility index (Phi) is 3.93. The zero-order chi connectivity index (χ0) is 14.0. The van der Waals surface area contributed by atoms with Gasteiger partial charge in [-0.1, -0.05) is 23.2 Å². The van der Waals surface area contributed by atoms with Crippen molar-refractivity contribution in [3.05, 3.63) is 51.8 Å². The number of amides is 1. The molecule has 1 heterocycles. The Morgan fingerprint density at radius 2 is 2.11 bits per heavy atom. The SMILES string of the molecule is Cc1ncccc1NC(=O)c1cc(N)cc(Cl)c1Cl. The first-order chi connectivity index (χ1) is 8.99. The summed E-state index contributed by atoms with van der Waals surface area (Å²) >= 11 is 11.9. The summed E-state index contributed by atoms with van der Waals surface area (Å²) < 4.78 is 0. The van der Waals surface area contributed by atoms with Crippen molar-refractivity contribution >= 4 is 40.5 Å². The number of aromatic nitrogens is 1. The van der Waals surface area contributed by atoms with Crippen molar-refractivity contribution < 1.29 is 4.79 Å². The molecule has 0 aliphatic carbocycles. The molecule has 2 aromatic rings. The molecular formula is C13H11Cl2N3O. The molecule has 1 aromatic carbocycles. The molecule has 0 fully saturated rings. The minimum absolute atomic E-state index is 0.176. The molecule has 19 heavy (non-hydrogen) atoms. The van der Waals surface area contributed by atoms with Crippen LogP contribution in [0.25, 0.3) is 0 Å². The third-order valence-electron chi connectivity index (χ3n) is 2.55. The number of pyridine rings is 1. The van der Waals surface area contributed by atoms with Crippen LogP contribution in [0, 0.1) is 6.92 Å². The molecule has 6 heteroatoms. The lowest BCUT2D eigenvalue weighted by molar-refractivity contribution is 0.102. The van der Waals surface area contributed by atoms with E-state index in [4.69, 9.17) is 28.9 Å². The number of carbonyl (C=O) groups excluding carboxylic acids is 1. The number of benzene rings is 1. The Morgan fingerprint density at radius 1 is 1.37 bits per heavy atom. The number of aryl methyl sites for hydroxylation is 1. The van der Waals surface area contributed by atoms with Crippen LogP contribution in [0.4, 0.5) is 11.4 Å². The topological polar surface area (TPSA) is 68.0 Å². The molecule has 0 saturated heterocycles. The van der Waals surface area contributed by atoms with Gasteiger partial charge in [-0.3, -0.25) is 9.78 Å². The highest BCUT2D eigenvalue weighted by Crippen LogP contribution is 2.29. The first-order valence-corrected chi connectivity index (χ1v) is 6.22. The van der Waals surface area contributed by atoms with Gasteiger partial charge in [-0.2, -0.15) is 0 Å². The van der Waals surface area contributed by atoms with E-state index in [2.05, 4.69) is 10.3 Å². The van der Waals surface area contributed by atoms with Gasteiger partial charge in [-0.15, -0.1) is 0 Å². The molecule has 0 radical (unpaired) electrons. The molecular weight excluding hydrogens is 285 g/mol. The quantitative estimate of drug-likeness (QED) is 0.833. The van der Waals surface area contributed by atoms with Gasteiger partial charge < -0.3 is 11.1 Å². The molecule has 2 rings (SSSR count). The van der Waals surface area contributed by atoms with E-state index in [1.54, 1.807) is 25.3 Å². The van der Waals surface area contributed by atoms with Crippen LogP contribution in [0.15, 0.2) is 30.5 Å². The zero-order valence-electron chi connectivity index (χ0n) is 10.1. The molecule has 1 aromatic heterocycles. The first-order valence-electron chi connectivity index (χ1n) is 5.46. The average Bonchev–Trinajstić information content (AvgIpc) is 2.36. The second-order valence-electron chi connectivity index (χ2n) is 3.95. The van der Waals surface area contributed by atoms with Crippen molar-refractivity contribution in [2.24, 2.45) is 0 Å². The van der Waals surface area contributed by atoms with E-state index in [-0.39, 0.29) is 21.5 Å². The van der Waals surface area contributed by atoms with Gasteiger partial charge in [0.1, 0.15) is 0 Å². The first kappa shape index (κ1) is 13.6. The number of nitrogens with one attached hydrogen (secondary N) is 1. The summed E-state index contributed by atoms with van der Waals surface area (Å²) in [4.78, 5) is 16.2. The predicted octanol–water partition coefficient (Wildman–Crippen LogP) is 3.53. The van der Waals surface area contributed by atoms with Crippen molar-refractivity contribution in [3.63, 3.8) is 0 Å². The molecule has 3 N–H and O–H groups in total. The smallest absolute Gasteiger partial charge is 0.257 e. The summed E-state index contributed by atoms with van der Waals surface area (Å²) in [6.45, 7) is 1.80. The largest absolute Gasteiger partial charge is 0.399 e. The van der Waals surface area contributed by atoms with Gasteiger partial charge in [-0.25, -0.2) is 0 Å². The van der Waals surface area contributed by atoms with E-state index in [9.17, 15) is 4.79 Å². The lowest BCUT2D eigenvalue weighted by Gasteiger charge is -2.10. The van der Waals surface area contributed by atoms with Crippen LogP contribution in [0.1, 0.15) is 16.1 Å². The fraction of sp³-hybridized carbons (Fsp3) is 0.0769. The van der Waals surface area contributed by atoms with Crippen LogP contribution in [-0.4, -0.2) is 10.9 Å². The Balaban J connectivity index is 2.33. The van der Waals surface area contributed by atoms with Gasteiger partial charge in [0, 0.05) is 11.9 Å². The van der Waals surface area contributed by atoms with Gasteiger partial charge >= 0.3 is 0 Å². The van der Waals surface area contributed by atoms with E-state index in [1.165, 1.54) is 12.1 Å². The van der Waals surface area contributed by atoms with Crippen LogP contribution in [0.2, 0.25) is 10.0 Å². The van der Waals surface area contributed by atoms with E-state index in [0.29, 0.717) is 17.1 Å². The molecule has 4 nitrogen and oxygen atoms in total. The van der Waals surface area contributed by atoms with Gasteiger partial charge in [0.2, 0.25) is 0 Å². The summed E-state index contributed by atoms with van der Waals surface area (Å²) in [5.41, 5.74) is 7.59. The van der Waals surface area contributed by atoms with Crippen molar-refractivity contribution in [2.75, 3.05) is 11.1 Å². The molecule has 0 aliphatic rings. The molecule has 98 valence electrons. The number of hydrogen-bond acceptors (Lipinski definition) is 3. The third kappa shape index (κ3) is 2.97. The molecule has 1 amide bonds. The van der Waals surface area contributed by atoms with Crippen LogP contribution in [0.5, 0.6) is 0 Å². The molecule has 0 unspecified atom stereocenters. The van der Waals surface area contributed by atoms with Crippen molar-refractivity contribution in [2.45, 2.75) is 6.92 Å². The second-order valence-corrected chi connectivity index (χ2v) is 4.74.